The van der Waals surface area contributed by atoms with E-state index in [0.29, 0.717) is 88.0 Å². The fourth-order valence-corrected chi connectivity index (χ4v) is 11.9. The van der Waals surface area contributed by atoms with Crippen LogP contribution < -0.4 is 37.6 Å². The van der Waals surface area contributed by atoms with Gasteiger partial charge in [0.15, 0.2) is 23.9 Å². The molecule has 22 nitrogen and oxygen atoms in total. The number of nitrogens with zero attached hydrogens (tertiary/aromatic N) is 2. The van der Waals surface area contributed by atoms with Gasteiger partial charge in [-0.3, -0.25) is 52.8 Å². The number of amides is 9. The Morgan fingerprint density at radius 2 is 1.23 bits per heavy atom. The van der Waals surface area contributed by atoms with E-state index in [1.807, 2.05) is 100 Å². The zero-order valence-electron chi connectivity index (χ0n) is 54.8. The summed E-state index contributed by atoms with van der Waals surface area (Å²) in [6.45, 7) is 16.0. The molecule has 3 aliphatic heterocycles. The molecule has 7 atom stereocenters. The molecule has 2 saturated heterocycles. The minimum absolute atomic E-state index is 0.0101. The van der Waals surface area contributed by atoms with Crippen LogP contribution in [0.2, 0.25) is 0 Å². The molecule has 3 aliphatic rings. The van der Waals surface area contributed by atoms with Crippen LogP contribution in [0.1, 0.15) is 136 Å². The first kappa shape index (κ1) is 73.1. The van der Waals surface area contributed by atoms with E-state index in [1.165, 1.54) is 12.2 Å². The number of imide groups is 1. The number of epoxide rings is 1. The molecule has 6 rings (SSSR count). The maximum atomic E-state index is 14.8. The van der Waals surface area contributed by atoms with E-state index < -0.39 is 65.4 Å². The number of carbonyl (C=O) groups excluding carboxylic acids is 11. The van der Waals surface area contributed by atoms with Crippen LogP contribution in [0.25, 0.3) is 0 Å². The number of ketones is 3. The van der Waals surface area contributed by atoms with Gasteiger partial charge in [0, 0.05) is 74.0 Å². The van der Waals surface area contributed by atoms with E-state index >= 15 is 0 Å². The van der Waals surface area contributed by atoms with Gasteiger partial charge in [-0.05, 0) is 99.3 Å². The highest BCUT2D eigenvalue weighted by Gasteiger charge is 2.50. The third-order valence-corrected chi connectivity index (χ3v) is 17.2. The van der Waals surface area contributed by atoms with Gasteiger partial charge >= 0.3 is 6.03 Å². The lowest BCUT2D eigenvalue weighted by molar-refractivity contribution is -0.940. The number of primary amides is 1. The molecular weight excluding hydrogens is 1170 g/mol. The third-order valence-electron chi connectivity index (χ3n) is 17.2. The minimum Gasteiger partial charge on any atom is -0.370 e. The molecule has 8 N–H and O–H groups in total. The standard InChI is InChI=1S/C70H97N9O13/c1-46(2)38-53(67(88)76-57(40-50-20-13-9-14-21-50)68(89)75-56(39-47(3)4)65(86)70(7)45-92-70)42-58(80)55(29-26-49-18-11-8-12-19-49)74-61(83)44-79(34-36-91-37-35-79)43-51-24-27-54(28-25-51)73-66(87)52(22-17-32-72-69(71)90)41-59(81)64(48(5)6)77-60(82)23-15-10-16-33-78-62(84)30-31-63(78)85/h8-9,11-14,18-21,24-25,27-28,30-31,46-48,52-53,55-57,64H,10,15-17,22-23,26,29,32-45H2,1-7H3,(H7-,71,72,73,74,75,76,77,82,83,87,88,89,90)/p+1/t52-,53-,55+,56+,57+,64+,70-/m1/s1. The van der Waals surface area contributed by atoms with Gasteiger partial charge in [-0.2, -0.15) is 0 Å². The van der Waals surface area contributed by atoms with E-state index in [2.05, 4.69) is 31.9 Å². The summed E-state index contributed by atoms with van der Waals surface area (Å²) in [7, 11) is 0. The number of unbranched alkanes of at least 4 members (excludes halogenated alkanes) is 2. The number of hydrogen-bond acceptors (Lipinski definition) is 13. The molecule has 92 heavy (non-hydrogen) atoms. The van der Waals surface area contributed by atoms with Crippen LogP contribution in [0.3, 0.4) is 0 Å². The van der Waals surface area contributed by atoms with Crippen molar-refractivity contribution in [1.82, 2.24) is 31.5 Å². The van der Waals surface area contributed by atoms with Gasteiger partial charge in [-0.25, -0.2) is 4.79 Å². The van der Waals surface area contributed by atoms with Crippen molar-refractivity contribution in [2.45, 2.75) is 168 Å². The number of benzene rings is 3. The average molecular weight is 1270 g/mol. The number of ether oxygens (including phenoxy) is 2. The van der Waals surface area contributed by atoms with E-state index in [-0.39, 0.29) is 123 Å². The number of carbonyl (C=O) groups is 11. The molecule has 0 aromatic heterocycles. The van der Waals surface area contributed by atoms with Crippen molar-refractivity contribution in [3.8, 4) is 0 Å². The molecule has 0 radical (unpaired) electrons. The molecule has 9 amide bonds. The molecule has 22 heteroatoms. The number of aryl methyl sites for hydroxylation is 1. The normalized spacial score (nSPS) is 17.9. The maximum absolute atomic E-state index is 14.8. The summed E-state index contributed by atoms with van der Waals surface area (Å²) >= 11 is 0. The van der Waals surface area contributed by atoms with Crippen molar-refractivity contribution in [1.29, 1.82) is 0 Å². The molecule has 3 heterocycles. The lowest BCUT2D eigenvalue weighted by Gasteiger charge is -2.41. The number of Topliss-reactive ketones (excluding diaryl/α,β-unsaturated/α-hetero) is 3. The molecule has 0 aliphatic carbocycles. The highest BCUT2D eigenvalue weighted by atomic mass is 16.6. The molecule has 3 aromatic carbocycles. The Bertz CT molecular complexity index is 3020. The number of hydrogen-bond donors (Lipinski definition) is 7. The van der Waals surface area contributed by atoms with Gasteiger partial charge in [-0.1, -0.05) is 121 Å². The molecule has 0 bridgehead atoms. The second-order valence-corrected chi connectivity index (χ2v) is 26.4. The zero-order chi connectivity index (χ0) is 67.0. The van der Waals surface area contributed by atoms with Crippen molar-refractivity contribution < 1.29 is 66.7 Å². The Balaban J connectivity index is 1.12. The molecule has 500 valence electrons. The third kappa shape index (κ3) is 23.9. The van der Waals surface area contributed by atoms with Gasteiger partial charge in [-0.15, -0.1) is 0 Å². The Kier molecular flexibility index (Phi) is 28.4. The smallest absolute Gasteiger partial charge is 0.312 e. The van der Waals surface area contributed by atoms with Crippen LogP contribution in [-0.4, -0.2) is 156 Å². The summed E-state index contributed by atoms with van der Waals surface area (Å²) in [5.41, 5.74) is 7.39. The second-order valence-electron chi connectivity index (χ2n) is 26.4. The first-order chi connectivity index (χ1) is 43.8. The summed E-state index contributed by atoms with van der Waals surface area (Å²) in [5.74, 6) is -5.67. The lowest BCUT2D eigenvalue weighted by Crippen LogP contribution is -2.59. The van der Waals surface area contributed by atoms with Crippen LogP contribution in [0.4, 0.5) is 10.5 Å². The lowest BCUT2D eigenvalue weighted by atomic mass is 9.88. The van der Waals surface area contributed by atoms with E-state index in [1.54, 1.807) is 32.9 Å². The first-order valence-corrected chi connectivity index (χ1v) is 32.7. The fraction of sp³-hybridized carbons (Fsp3) is 0.557. The van der Waals surface area contributed by atoms with Crippen LogP contribution in [0.5, 0.6) is 0 Å². The van der Waals surface area contributed by atoms with Gasteiger partial charge in [0.2, 0.25) is 23.6 Å². The number of urea groups is 1. The summed E-state index contributed by atoms with van der Waals surface area (Å²) in [6.07, 6.45) is 5.88. The quantitative estimate of drug-likeness (QED) is 0.0149. The minimum atomic E-state index is -1.08. The van der Waals surface area contributed by atoms with Crippen molar-refractivity contribution in [3.63, 3.8) is 0 Å². The Morgan fingerprint density at radius 3 is 1.83 bits per heavy atom. The maximum Gasteiger partial charge on any atom is 0.312 e. The Hall–Kier alpha value is -7.95. The predicted molar refractivity (Wildman–Crippen MR) is 348 cm³/mol. The van der Waals surface area contributed by atoms with Crippen LogP contribution in [0, 0.1) is 29.6 Å². The number of nitrogens with two attached hydrogens (primary N) is 1. The SMILES string of the molecule is CC(C)C[C@H](CC(=O)[C@H](CCc1ccccc1)NC(=O)C[N+]1(Cc2ccc(NC(=O)[C@H](CCCNC(N)=O)CC(=O)[C@@H](NC(=O)CCCCCN3C(=O)C=CC3=O)C(C)C)cc2)CCOCC1)C(=O)N[C@@H](Cc1ccccc1)C(=O)N[C@@H](CC(C)C)C(=O)[C@@]1(C)CO1. The molecule has 0 unspecified atom stereocenters. The van der Waals surface area contributed by atoms with Crippen LogP contribution >= 0.6 is 0 Å². The van der Waals surface area contributed by atoms with Crippen LogP contribution in [-0.2, 0) is 76.8 Å². The fourth-order valence-electron chi connectivity index (χ4n) is 11.9. The number of quaternary nitrogens is 1. The predicted octanol–water partition coefficient (Wildman–Crippen LogP) is 5.98. The number of morpholine rings is 1. The highest BCUT2D eigenvalue weighted by molar-refractivity contribution is 6.12. The average Bonchev–Trinajstić information content (AvgIpc) is 1.61. The Labute approximate surface area is 541 Å². The molecule has 0 spiro atoms. The van der Waals surface area contributed by atoms with E-state index in [0.717, 1.165) is 21.6 Å². The Morgan fingerprint density at radius 1 is 0.620 bits per heavy atom. The number of nitrogens with one attached hydrogen (secondary N) is 6. The summed E-state index contributed by atoms with van der Waals surface area (Å²) in [6, 6.07) is 21.6. The molecular formula is C70H98N9O13+. The summed E-state index contributed by atoms with van der Waals surface area (Å²) in [4.78, 5) is 150. The molecule has 0 saturated carbocycles. The summed E-state index contributed by atoms with van der Waals surface area (Å²) in [5, 5.41) is 17.4. The monoisotopic (exact) mass is 1270 g/mol. The number of rotatable bonds is 40. The van der Waals surface area contributed by atoms with Gasteiger partial charge in [0.25, 0.3) is 17.7 Å². The zero-order valence-corrected chi connectivity index (χ0v) is 54.8. The van der Waals surface area contributed by atoms with Crippen molar-refractivity contribution in [2.75, 3.05) is 57.9 Å². The van der Waals surface area contributed by atoms with Gasteiger partial charge < -0.3 is 51.6 Å². The van der Waals surface area contributed by atoms with Crippen molar-refractivity contribution in [3.05, 3.63) is 114 Å². The molecule has 3 aromatic rings. The second kappa shape index (κ2) is 35.8. The molecule has 2 fully saturated rings. The topological polar surface area (TPSA) is 311 Å². The first-order valence-electron chi connectivity index (χ1n) is 32.7. The largest absolute Gasteiger partial charge is 0.370 e. The van der Waals surface area contributed by atoms with Crippen LogP contribution in [0.15, 0.2) is 97.1 Å². The highest BCUT2D eigenvalue weighted by Crippen LogP contribution is 2.30. The van der Waals surface area contributed by atoms with Crippen molar-refractivity contribution in [2.24, 2.45) is 35.3 Å². The van der Waals surface area contributed by atoms with E-state index in [9.17, 15) is 52.7 Å². The summed E-state index contributed by atoms with van der Waals surface area (Å²) < 4.78 is 11.6. The van der Waals surface area contributed by atoms with Gasteiger partial charge in [0.1, 0.15) is 31.3 Å². The van der Waals surface area contributed by atoms with E-state index in [4.69, 9.17) is 15.2 Å². The number of anilines is 1. The van der Waals surface area contributed by atoms with Gasteiger partial charge in [0.05, 0.1) is 37.9 Å². The van der Waals surface area contributed by atoms with Crippen molar-refractivity contribution >= 4 is 70.4 Å².